The van der Waals surface area contributed by atoms with Crippen molar-refractivity contribution >= 4 is 17.8 Å². The van der Waals surface area contributed by atoms with Gasteiger partial charge >= 0.3 is 5.97 Å². The van der Waals surface area contributed by atoms with Gasteiger partial charge in [0.25, 0.3) is 0 Å². The highest BCUT2D eigenvalue weighted by Crippen LogP contribution is 2.13. The van der Waals surface area contributed by atoms with Gasteiger partial charge in [0.2, 0.25) is 11.8 Å². The van der Waals surface area contributed by atoms with Crippen LogP contribution >= 0.6 is 0 Å². The Labute approximate surface area is 220 Å². The molecule has 0 saturated heterocycles. The summed E-state index contributed by atoms with van der Waals surface area (Å²) in [6, 6.07) is -1.68. The molecule has 36 heavy (non-hydrogen) atoms. The van der Waals surface area contributed by atoms with Gasteiger partial charge in [-0.3, -0.25) is 9.59 Å². The van der Waals surface area contributed by atoms with E-state index in [1.54, 1.807) is 0 Å². The van der Waals surface area contributed by atoms with Crippen molar-refractivity contribution in [3.8, 4) is 0 Å². The number of hydrogen-bond acceptors (Lipinski definition) is 5. The molecule has 0 spiro atoms. The molecule has 8 heteroatoms. The molecule has 0 aromatic rings. The Morgan fingerprint density at radius 1 is 0.722 bits per heavy atom. The van der Waals surface area contributed by atoms with E-state index in [0.717, 1.165) is 25.7 Å². The molecule has 0 unspecified atom stereocenters. The summed E-state index contributed by atoms with van der Waals surface area (Å²) in [6.45, 7) is 3.32. The summed E-state index contributed by atoms with van der Waals surface area (Å²) < 4.78 is 0. The first kappa shape index (κ1) is 34.3. The molecule has 0 aromatic heterocycles. The number of nitrogens with two attached hydrogens (primary N) is 2. The fourth-order valence-corrected chi connectivity index (χ4v) is 4.27. The zero-order valence-corrected chi connectivity index (χ0v) is 23.0. The molecule has 0 aliphatic heterocycles. The van der Waals surface area contributed by atoms with Crippen LogP contribution in [0.25, 0.3) is 0 Å². The minimum Gasteiger partial charge on any atom is -0.480 e. The average molecular weight is 513 g/mol. The summed E-state index contributed by atoms with van der Waals surface area (Å²) in [4.78, 5) is 35.4. The lowest BCUT2D eigenvalue weighted by Gasteiger charge is -2.17. The number of rotatable bonds is 26. The third-order valence-corrected chi connectivity index (χ3v) is 6.67. The Morgan fingerprint density at radius 2 is 1.25 bits per heavy atom. The fourth-order valence-electron chi connectivity index (χ4n) is 4.27. The molecule has 0 heterocycles. The van der Waals surface area contributed by atoms with Crippen molar-refractivity contribution in [2.24, 2.45) is 11.5 Å². The van der Waals surface area contributed by atoms with E-state index in [1.165, 1.54) is 70.6 Å². The lowest BCUT2D eigenvalue weighted by Crippen LogP contribution is -2.48. The smallest absolute Gasteiger partial charge is 0.326 e. The molecule has 2 amide bonds. The molecule has 0 aromatic carbocycles. The van der Waals surface area contributed by atoms with Crippen LogP contribution in [0, 0.1) is 0 Å². The minimum absolute atomic E-state index is 0.0851. The van der Waals surface area contributed by atoms with Gasteiger partial charge in [0.15, 0.2) is 0 Å². The van der Waals surface area contributed by atoms with E-state index >= 15 is 0 Å². The van der Waals surface area contributed by atoms with Crippen molar-refractivity contribution in [3.63, 3.8) is 0 Å². The van der Waals surface area contributed by atoms with Crippen molar-refractivity contribution in [3.05, 3.63) is 0 Å². The summed E-state index contributed by atoms with van der Waals surface area (Å²) in [6.07, 6.45) is 20.9. The molecule has 0 bridgehead atoms. The number of amides is 2. The highest BCUT2D eigenvalue weighted by atomic mass is 16.4. The quantitative estimate of drug-likeness (QED) is 0.105. The average Bonchev–Trinajstić information content (AvgIpc) is 2.85. The molecular formula is C28H56N4O4. The van der Waals surface area contributed by atoms with E-state index in [-0.39, 0.29) is 5.91 Å². The second kappa shape index (κ2) is 25.0. The second-order valence-corrected chi connectivity index (χ2v) is 10.1. The Morgan fingerprint density at radius 3 is 1.78 bits per heavy atom. The van der Waals surface area contributed by atoms with Gasteiger partial charge in [0.05, 0.1) is 6.04 Å². The molecule has 0 radical (unpaired) electrons. The first-order chi connectivity index (χ1) is 17.4. The van der Waals surface area contributed by atoms with Crippen molar-refractivity contribution in [1.82, 2.24) is 10.6 Å². The topological polar surface area (TPSA) is 148 Å². The number of aliphatic carboxylic acids is 1. The predicted octanol–water partition coefficient (Wildman–Crippen LogP) is 4.78. The van der Waals surface area contributed by atoms with E-state index in [1.807, 2.05) is 0 Å². The van der Waals surface area contributed by atoms with E-state index in [4.69, 9.17) is 11.5 Å². The number of carboxylic acid groups (broad SMARTS) is 1. The highest BCUT2D eigenvalue weighted by molar-refractivity contribution is 5.86. The molecule has 0 aliphatic rings. The Kier molecular flexibility index (Phi) is 23.8. The predicted molar refractivity (Wildman–Crippen MR) is 148 cm³/mol. The maximum Gasteiger partial charge on any atom is 0.326 e. The molecule has 212 valence electrons. The number of carbonyl (C=O) groups excluding carboxylic acids is 2. The summed E-state index contributed by atoms with van der Waals surface area (Å²) >= 11 is 0. The van der Waals surface area contributed by atoms with Gasteiger partial charge in [0, 0.05) is 13.0 Å². The molecule has 0 fully saturated rings. The van der Waals surface area contributed by atoms with Gasteiger partial charge in [0.1, 0.15) is 6.04 Å². The van der Waals surface area contributed by atoms with Crippen LogP contribution in [0.5, 0.6) is 0 Å². The monoisotopic (exact) mass is 512 g/mol. The Hall–Kier alpha value is -1.67. The fraction of sp³-hybridized carbons (Fsp3) is 0.893. The van der Waals surface area contributed by atoms with Crippen LogP contribution in [0.4, 0.5) is 0 Å². The number of carbonyl (C=O) groups is 3. The molecule has 8 nitrogen and oxygen atoms in total. The lowest BCUT2D eigenvalue weighted by atomic mass is 10.0. The SMILES string of the molecule is CCCCCCCCCCCCCCCC(=O)NCCCC[C@H](N)C(=O)N[C@@H](CCCCN)C(=O)O. The van der Waals surface area contributed by atoms with E-state index in [9.17, 15) is 19.5 Å². The van der Waals surface area contributed by atoms with Crippen molar-refractivity contribution in [2.45, 2.75) is 147 Å². The molecule has 2 atom stereocenters. The van der Waals surface area contributed by atoms with Crippen LogP contribution in [-0.2, 0) is 14.4 Å². The third kappa shape index (κ3) is 21.6. The van der Waals surface area contributed by atoms with Crippen molar-refractivity contribution in [2.75, 3.05) is 13.1 Å². The normalized spacial score (nSPS) is 12.8. The van der Waals surface area contributed by atoms with Crippen LogP contribution in [0.2, 0.25) is 0 Å². The van der Waals surface area contributed by atoms with Gasteiger partial charge in [-0.15, -0.1) is 0 Å². The summed E-state index contributed by atoms with van der Waals surface area (Å²) in [7, 11) is 0. The summed E-state index contributed by atoms with van der Waals surface area (Å²) in [5.41, 5.74) is 11.3. The van der Waals surface area contributed by atoms with Gasteiger partial charge < -0.3 is 27.2 Å². The van der Waals surface area contributed by atoms with Gasteiger partial charge in [-0.05, 0) is 51.5 Å². The number of hydrogen-bond donors (Lipinski definition) is 5. The molecule has 7 N–H and O–H groups in total. The van der Waals surface area contributed by atoms with E-state index in [0.29, 0.717) is 45.2 Å². The maximum atomic E-state index is 12.2. The third-order valence-electron chi connectivity index (χ3n) is 6.67. The zero-order chi connectivity index (χ0) is 26.9. The first-order valence-corrected chi connectivity index (χ1v) is 14.7. The van der Waals surface area contributed by atoms with Crippen LogP contribution in [0.1, 0.15) is 135 Å². The number of carboxylic acids is 1. The van der Waals surface area contributed by atoms with Crippen molar-refractivity contribution < 1.29 is 19.5 Å². The van der Waals surface area contributed by atoms with Crippen molar-refractivity contribution in [1.29, 1.82) is 0 Å². The second-order valence-electron chi connectivity index (χ2n) is 10.1. The van der Waals surface area contributed by atoms with Crippen LogP contribution in [0.3, 0.4) is 0 Å². The van der Waals surface area contributed by atoms with Crippen LogP contribution in [-0.4, -0.2) is 48.1 Å². The summed E-state index contributed by atoms with van der Waals surface area (Å²) in [5, 5.41) is 14.7. The molecular weight excluding hydrogens is 456 g/mol. The Balaban J connectivity index is 3.61. The van der Waals surface area contributed by atoms with Crippen LogP contribution in [0.15, 0.2) is 0 Å². The largest absolute Gasteiger partial charge is 0.480 e. The lowest BCUT2D eigenvalue weighted by molar-refractivity contribution is -0.142. The maximum absolute atomic E-state index is 12.2. The minimum atomic E-state index is -1.06. The first-order valence-electron chi connectivity index (χ1n) is 14.7. The molecule has 0 aliphatic carbocycles. The number of nitrogens with one attached hydrogen (secondary N) is 2. The zero-order valence-electron chi connectivity index (χ0n) is 23.0. The van der Waals surface area contributed by atoms with Gasteiger partial charge in [-0.25, -0.2) is 4.79 Å². The van der Waals surface area contributed by atoms with E-state index in [2.05, 4.69) is 17.6 Å². The molecule has 0 saturated carbocycles. The number of unbranched alkanes of at least 4 members (excludes halogenated alkanes) is 14. The van der Waals surface area contributed by atoms with Crippen LogP contribution < -0.4 is 22.1 Å². The standard InChI is InChI=1S/C28H56N4O4/c1-2-3-4-5-6-7-8-9-10-11-12-13-14-21-26(33)31-23-18-16-19-24(30)27(34)32-25(28(35)36)20-15-17-22-29/h24-25H,2-23,29-30H2,1H3,(H,31,33)(H,32,34)(H,35,36)/t24-,25-/m0/s1. The van der Waals surface area contributed by atoms with E-state index < -0.39 is 24.0 Å². The Bertz CT molecular complexity index is 560. The highest BCUT2D eigenvalue weighted by Gasteiger charge is 2.22. The summed E-state index contributed by atoms with van der Waals surface area (Å²) in [5.74, 6) is -1.41. The van der Waals surface area contributed by atoms with Gasteiger partial charge in [-0.2, -0.15) is 0 Å². The molecule has 0 rings (SSSR count). The van der Waals surface area contributed by atoms with Gasteiger partial charge in [-0.1, -0.05) is 84.0 Å².